The summed E-state index contributed by atoms with van der Waals surface area (Å²) in [6.45, 7) is 2.45. The molecule has 2 atom stereocenters. The first-order valence-electron chi connectivity index (χ1n) is 5.71. The molecule has 2 unspecified atom stereocenters. The van der Waals surface area contributed by atoms with E-state index in [4.69, 9.17) is 9.47 Å². The van der Waals surface area contributed by atoms with Gasteiger partial charge in [-0.25, -0.2) is 8.42 Å². The monoisotopic (exact) mass is 369 g/mol. The molecule has 1 aromatic rings. The van der Waals surface area contributed by atoms with E-state index < -0.39 is 10.0 Å². The molecule has 2 rings (SSSR count). The van der Waals surface area contributed by atoms with Crippen molar-refractivity contribution in [3.63, 3.8) is 0 Å². The predicted molar refractivity (Wildman–Crippen MR) is 77.1 cm³/mol. The molecule has 0 aliphatic carbocycles. The van der Waals surface area contributed by atoms with Crippen LogP contribution in [0.4, 0.5) is 0 Å². The molecule has 0 radical (unpaired) electrons. The third-order valence-corrected chi connectivity index (χ3v) is 6.89. The molecule has 1 fully saturated rings. The van der Waals surface area contributed by atoms with Crippen molar-refractivity contribution in [1.29, 1.82) is 0 Å². The molecule has 19 heavy (non-hydrogen) atoms. The smallest absolute Gasteiger partial charge is 0.244 e. The van der Waals surface area contributed by atoms with Crippen molar-refractivity contribution < 1.29 is 17.9 Å². The van der Waals surface area contributed by atoms with Gasteiger partial charge in [-0.05, 0) is 28.9 Å². The molecule has 0 spiro atoms. The Bertz CT molecular complexity index is 545. The van der Waals surface area contributed by atoms with Crippen LogP contribution in [-0.4, -0.2) is 52.2 Å². The van der Waals surface area contributed by atoms with Crippen LogP contribution < -0.4 is 0 Å². The summed E-state index contributed by atoms with van der Waals surface area (Å²) in [7, 11) is -0.343. The van der Waals surface area contributed by atoms with E-state index in [1.54, 1.807) is 27.2 Å². The summed E-state index contributed by atoms with van der Waals surface area (Å²) in [6, 6.07) is 1.65. The molecule has 0 amide bonds. The Hall–Kier alpha value is 0.01000. The molecule has 0 aromatic carbocycles. The van der Waals surface area contributed by atoms with Crippen LogP contribution in [0, 0.1) is 6.92 Å². The second-order valence-corrected chi connectivity index (χ2v) is 8.88. The lowest BCUT2D eigenvalue weighted by Crippen LogP contribution is -2.30. The summed E-state index contributed by atoms with van der Waals surface area (Å²) in [6.07, 6.45) is -0.440. The van der Waals surface area contributed by atoms with E-state index in [1.807, 2.05) is 0 Å². The summed E-state index contributed by atoms with van der Waals surface area (Å²) in [4.78, 5) is 1.14. The summed E-state index contributed by atoms with van der Waals surface area (Å²) < 4.78 is 38.0. The van der Waals surface area contributed by atoms with Crippen LogP contribution in [0.15, 0.2) is 14.7 Å². The quantitative estimate of drug-likeness (QED) is 0.812. The second kappa shape index (κ2) is 5.79. The zero-order valence-corrected chi connectivity index (χ0v) is 14.1. The third-order valence-electron chi connectivity index (χ3n) is 3.25. The zero-order chi connectivity index (χ0) is 14.2. The number of sulfonamides is 1. The molecular formula is C11H16BrNO4S2. The maximum atomic E-state index is 12.6. The SMILES string of the molecule is COC1CN(S(=O)(=O)c2cc(Br)sc2C)CC1OC. The standard InChI is InChI=1S/C11H16BrNO4S2/c1-7-10(4-11(12)18-7)19(14,15)13-5-8(16-2)9(6-13)17-3/h4,8-9H,5-6H2,1-3H3. The number of nitrogens with zero attached hydrogens (tertiary/aromatic N) is 1. The van der Waals surface area contributed by atoms with Gasteiger partial charge < -0.3 is 9.47 Å². The number of aryl methyl sites for hydroxylation is 1. The summed E-state index contributed by atoms with van der Waals surface area (Å²) in [5, 5.41) is 0. The van der Waals surface area contributed by atoms with Crippen molar-refractivity contribution in [3.8, 4) is 0 Å². The minimum absolute atomic E-state index is 0.220. The Labute approximate surface area is 125 Å². The van der Waals surface area contributed by atoms with Gasteiger partial charge >= 0.3 is 0 Å². The Kier molecular flexibility index (Phi) is 4.69. The van der Waals surface area contributed by atoms with Crippen molar-refractivity contribution in [3.05, 3.63) is 14.7 Å². The molecule has 0 saturated carbocycles. The van der Waals surface area contributed by atoms with Gasteiger partial charge in [-0.1, -0.05) is 0 Å². The van der Waals surface area contributed by atoms with Gasteiger partial charge in [-0.3, -0.25) is 0 Å². The van der Waals surface area contributed by atoms with E-state index in [9.17, 15) is 8.42 Å². The summed E-state index contributed by atoms with van der Waals surface area (Å²) >= 11 is 4.74. The van der Waals surface area contributed by atoms with E-state index >= 15 is 0 Å². The van der Waals surface area contributed by atoms with Gasteiger partial charge in [-0.2, -0.15) is 4.31 Å². The highest BCUT2D eigenvalue weighted by Gasteiger charge is 2.40. The highest BCUT2D eigenvalue weighted by molar-refractivity contribution is 9.11. The number of ether oxygens (including phenoxy) is 2. The largest absolute Gasteiger partial charge is 0.377 e. The van der Waals surface area contributed by atoms with E-state index in [1.165, 1.54) is 15.6 Å². The number of hydrogen-bond donors (Lipinski definition) is 0. The molecule has 8 heteroatoms. The van der Waals surface area contributed by atoms with Gasteiger partial charge in [0.05, 0.1) is 20.9 Å². The third kappa shape index (κ3) is 2.88. The van der Waals surface area contributed by atoms with Crippen LogP contribution in [0.3, 0.4) is 0 Å². The maximum Gasteiger partial charge on any atom is 0.244 e. The normalized spacial score (nSPS) is 25.1. The average Bonchev–Trinajstić information content (AvgIpc) is 2.92. The lowest BCUT2D eigenvalue weighted by molar-refractivity contribution is -0.00461. The van der Waals surface area contributed by atoms with Crippen LogP contribution in [0.2, 0.25) is 0 Å². The van der Waals surface area contributed by atoms with E-state index in [-0.39, 0.29) is 12.2 Å². The van der Waals surface area contributed by atoms with Crippen molar-refractivity contribution in [2.24, 2.45) is 0 Å². The summed E-state index contributed by atoms with van der Waals surface area (Å²) in [5.74, 6) is 0. The van der Waals surface area contributed by atoms with Crippen LogP contribution >= 0.6 is 27.3 Å². The van der Waals surface area contributed by atoms with Gasteiger partial charge in [0.25, 0.3) is 0 Å². The molecule has 0 N–H and O–H groups in total. The number of halogens is 1. The van der Waals surface area contributed by atoms with Crippen LogP contribution in [-0.2, 0) is 19.5 Å². The van der Waals surface area contributed by atoms with Gasteiger partial charge in [0.1, 0.15) is 0 Å². The Balaban J connectivity index is 2.29. The number of methoxy groups -OCH3 is 2. The van der Waals surface area contributed by atoms with Crippen LogP contribution in [0.5, 0.6) is 0 Å². The zero-order valence-electron chi connectivity index (χ0n) is 10.9. The van der Waals surface area contributed by atoms with Crippen molar-refractivity contribution in [1.82, 2.24) is 4.31 Å². The van der Waals surface area contributed by atoms with Crippen molar-refractivity contribution in [2.75, 3.05) is 27.3 Å². The molecule has 2 heterocycles. The Morgan fingerprint density at radius 2 is 1.84 bits per heavy atom. The molecule has 1 aliphatic heterocycles. The lowest BCUT2D eigenvalue weighted by atomic mass is 10.3. The van der Waals surface area contributed by atoms with E-state index in [0.29, 0.717) is 18.0 Å². The van der Waals surface area contributed by atoms with Crippen molar-refractivity contribution in [2.45, 2.75) is 24.0 Å². The fourth-order valence-corrected chi connectivity index (χ4v) is 6.03. The summed E-state index contributed by atoms with van der Waals surface area (Å²) in [5.41, 5.74) is 0. The number of hydrogen-bond acceptors (Lipinski definition) is 5. The minimum atomic E-state index is -3.48. The first kappa shape index (κ1) is 15.4. The molecular weight excluding hydrogens is 354 g/mol. The minimum Gasteiger partial charge on any atom is -0.377 e. The van der Waals surface area contributed by atoms with Gasteiger partial charge in [0, 0.05) is 32.2 Å². The second-order valence-electron chi connectivity index (χ2n) is 4.34. The first-order chi connectivity index (χ1) is 8.90. The Morgan fingerprint density at radius 1 is 1.32 bits per heavy atom. The van der Waals surface area contributed by atoms with E-state index in [2.05, 4.69) is 15.9 Å². The highest BCUT2D eigenvalue weighted by Crippen LogP contribution is 2.33. The molecule has 0 bridgehead atoms. The lowest BCUT2D eigenvalue weighted by Gasteiger charge is -2.15. The Morgan fingerprint density at radius 3 is 2.21 bits per heavy atom. The van der Waals surface area contributed by atoms with Gasteiger partial charge in [0.2, 0.25) is 10.0 Å². The first-order valence-corrected chi connectivity index (χ1v) is 8.76. The maximum absolute atomic E-state index is 12.6. The molecule has 108 valence electrons. The fraction of sp³-hybridized carbons (Fsp3) is 0.636. The molecule has 1 saturated heterocycles. The van der Waals surface area contributed by atoms with Gasteiger partial charge in [0.15, 0.2) is 0 Å². The molecule has 1 aromatic heterocycles. The molecule has 1 aliphatic rings. The highest BCUT2D eigenvalue weighted by atomic mass is 79.9. The van der Waals surface area contributed by atoms with Crippen molar-refractivity contribution >= 4 is 37.3 Å². The van der Waals surface area contributed by atoms with Gasteiger partial charge in [-0.15, -0.1) is 11.3 Å². The van der Waals surface area contributed by atoms with Crippen LogP contribution in [0.1, 0.15) is 4.88 Å². The molecule has 5 nitrogen and oxygen atoms in total. The number of thiophene rings is 1. The average molecular weight is 370 g/mol. The number of rotatable bonds is 4. The van der Waals surface area contributed by atoms with E-state index in [0.717, 1.165) is 8.66 Å². The predicted octanol–water partition coefficient (Wildman–Crippen LogP) is 1.85. The fourth-order valence-electron chi connectivity index (χ4n) is 2.19. The topological polar surface area (TPSA) is 55.8 Å². The van der Waals surface area contributed by atoms with Crippen LogP contribution in [0.25, 0.3) is 0 Å².